The van der Waals surface area contributed by atoms with Crippen LogP contribution in [0.5, 0.6) is 5.75 Å². The second-order valence-electron chi connectivity index (χ2n) is 6.26. The fraction of sp³-hybridized carbons (Fsp3) is 0.368. The Balaban J connectivity index is 1.46. The molecule has 2 aromatic carbocycles. The standard InChI is InChI=1S/C19H23N3O3/c1-25-19-8-6-17(7-9-19)21-12-10-16(11-13-21)20-14-15-2-4-18(5-3-15)22(23)24/h2-9,16,20H,10-14H2,1H3. The molecular formula is C19H23N3O3. The molecule has 6 heteroatoms. The van der Waals surface area contributed by atoms with Crippen molar-refractivity contribution in [3.05, 3.63) is 64.2 Å². The lowest BCUT2D eigenvalue weighted by atomic mass is 10.0. The summed E-state index contributed by atoms with van der Waals surface area (Å²) in [5, 5.41) is 14.2. The van der Waals surface area contributed by atoms with E-state index in [4.69, 9.17) is 4.74 Å². The highest BCUT2D eigenvalue weighted by atomic mass is 16.6. The molecule has 1 fully saturated rings. The molecule has 1 aliphatic heterocycles. The Morgan fingerprint density at radius 1 is 1.12 bits per heavy atom. The summed E-state index contributed by atoms with van der Waals surface area (Å²) in [6.07, 6.45) is 2.16. The Hall–Kier alpha value is -2.60. The number of hydrogen-bond donors (Lipinski definition) is 1. The van der Waals surface area contributed by atoms with Gasteiger partial charge in [0.15, 0.2) is 0 Å². The lowest BCUT2D eigenvalue weighted by molar-refractivity contribution is -0.384. The van der Waals surface area contributed by atoms with Crippen molar-refractivity contribution in [1.29, 1.82) is 0 Å². The van der Waals surface area contributed by atoms with E-state index < -0.39 is 0 Å². The van der Waals surface area contributed by atoms with Crippen LogP contribution in [0.4, 0.5) is 11.4 Å². The van der Waals surface area contributed by atoms with Crippen molar-refractivity contribution >= 4 is 11.4 Å². The summed E-state index contributed by atoms with van der Waals surface area (Å²) in [5.74, 6) is 0.878. The summed E-state index contributed by atoms with van der Waals surface area (Å²) in [7, 11) is 1.68. The van der Waals surface area contributed by atoms with Crippen molar-refractivity contribution in [3.63, 3.8) is 0 Å². The highest BCUT2D eigenvalue weighted by molar-refractivity contribution is 5.49. The molecule has 2 aromatic rings. The maximum absolute atomic E-state index is 10.7. The first kappa shape index (κ1) is 17.2. The summed E-state index contributed by atoms with van der Waals surface area (Å²) < 4.78 is 5.20. The number of benzene rings is 2. The SMILES string of the molecule is COc1ccc(N2CCC(NCc3ccc([N+](=O)[O-])cc3)CC2)cc1. The first-order valence-electron chi connectivity index (χ1n) is 8.51. The fourth-order valence-electron chi connectivity index (χ4n) is 3.13. The Kier molecular flexibility index (Phi) is 5.50. The zero-order valence-corrected chi connectivity index (χ0v) is 14.4. The maximum Gasteiger partial charge on any atom is 0.269 e. The van der Waals surface area contributed by atoms with E-state index in [0.717, 1.165) is 43.8 Å². The van der Waals surface area contributed by atoms with E-state index in [2.05, 4.69) is 22.3 Å². The first-order chi connectivity index (χ1) is 12.2. The average molecular weight is 341 g/mol. The Morgan fingerprint density at radius 2 is 1.76 bits per heavy atom. The monoisotopic (exact) mass is 341 g/mol. The molecule has 1 aliphatic rings. The quantitative estimate of drug-likeness (QED) is 0.644. The molecule has 1 N–H and O–H groups in total. The van der Waals surface area contributed by atoms with Gasteiger partial charge in [-0.3, -0.25) is 10.1 Å². The molecule has 0 bridgehead atoms. The number of non-ortho nitro benzene ring substituents is 1. The molecule has 3 rings (SSSR count). The van der Waals surface area contributed by atoms with Crippen molar-refractivity contribution < 1.29 is 9.66 Å². The lowest BCUT2D eigenvalue weighted by Crippen LogP contribution is -2.42. The van der Waals surface area contributed by atoms with E-state index in [-0.39, 0.29) is 10.6 Å². The third-order valence-electron chi connectivity index (χ3n) is 4.67. The number of anilines is 1. The highest BCUT2D eigenvalue weighted by Crippen LogP contribution is 2.23. The van der Waals surface area contributed by atoms with Gasteiger partial charge in [-0.05, 0) is 42.7 Å². The predicted octanol–water partition coefficient (Wildman–Crippen LogP) is 3.36. The molecule has 0 aromatic heterocycles. The number of nitro benzene ring substituents is 1. The van der Waals surface area contributed by atoms with Gasteiger partial charge >= 0.3 is 0 Å². The number of ether oxygens (including phenoxy) is 1. The van der Waals surface area contributed by atoms with Crippen LogP contribution in [0, 0.1) is 10.1 Å². The number of nitrogens with zero attached hydrogens (tertiary/aromatic N) is 2. The Labute approximate surface area is 147 Å². The van der Waals surface area contributed by atoms with Gasteiger partial charge in [-0.25, -0.2) is 0 Å². The fourth-order valence-corrected chi connectivity index (χ4v) is 3.13. The van der Waals surface area contributed by atoms with Crippen LogP contribution in [0.1, 0.15) is 18.4 Å². The summed E-state index contributed by atoms with van der Waals surface area (Å²) >= 11 is 0. The lowest BCUT2D eigenvalue weighted by Gasteiger charge is -2.34. The van der Waals surface area contributed by atoms with Crippen molar-refractivity contribution in [2.45, 2.75) is 25.4 Å². The van der Waals surface area contributed by atoms with Crippen LogP contribution in [0.25, 0.3) is 0 Å². The first-order valence-corrected chi connectivity index (χ1v) is 8.51. The number of nitrogens with one attached hydrogen (secondary N) is 1. The van der Waals surface area contributed by atoms with Crippen molar-refractivity contribution in [2.75, 3.05) is 25.1 Å². The molecule has 6 nitrogen and oxygen atoms in total. The summed E-state index contributed by atoms with van der Waals surface area (Å²) in [5.41, 5.74) is 2.44. The van der Waals surface area contributed by atoms with Gasteiger partial charge in [0, 0.05) is 43.5 Å². The van der Waals surface area contributed by atoms with Crippen molar-refractivity contribution in [1.82, 2.24) is 5.32 Å². The van der Waals surface area contributed by atoms with Gasteiger partial charge in [0.1, 0.15) is 5.75 Å². The molecule has 0 radical (unpaired) electrons. The molecule has 1 saturated heterocycles. The zero-order valence-electron chi connectivity index (χ0n) is 14.4. The van der Waals surface area contributed by atoms with Gasteiger partial charge in [0.05, 0.1) is 12.0 Å². The minimum atomic E-state index is -0.369. The van der Waals surface area contributed by atoms with E-state index in [9.17, 15) is 10.1 Å². The number of methoxy groups -OCH3 is 1. The molecule has 0 unspecified atom stereocenters. The van der Waals surface area contributed by atoms with Gasteiger partial charge in [0.25, 0.3) is 5.69 Å². The second kappa shape index (κ2) is 7.98. The van der Waals surface area contributed by atoms with Crippen LogP contribution in [-0.4, -0.2) is 31.2 Å². The van der Waals surface area contributed by atoms with E-state index in [1.807, 2.05) is 24.3 Å². The zero-order chi connectivity index (χ0) is 17.6. The summed E-state index contributed by atoms with van der Waals surface area (Å²) in [6.45, 7) is 2.78. The Morgan fingerprint density at radius 3 is 2.32 bits per heavy atom. The Bertz CT molecular complexity index is 693. The maximum atomic E-state index is 10.7. The molecular weight excluding hydrogens is 318 g/mol. The van der Waals surface area contributed by atoms with Crippen LogP contribution in [-0.2, 0) is 6.54 Å². The molecule has 0 atom stereocenters. The normalized spacial score (nSPS) is 15.2. The minimum Gasteiger partial charge on any atom is -0.497 e. The van der Waals surface area contributed by atoms with Gasteiger partial charge < -0.3 is 15.0 Å². The molecule has 0 aliphatic carbocycles. The van der Waals surface area contributed by atoms with E-state index in [1.165, 1.54) is 5.69 Å². The van der Waals surface area contributed by atoms with Crippen LogP contribution in [0.15, 0.2) is 48.5 Å². The van der Waals surface area contributed by atoms with Crippen molar-refractivity contribution in [2.24, 2.45) is 0 Å². The second-order valence-corrected chi connectivity index (χ2v) is 6.26. The molecule has 0 spiro atoms. The third-order valence-corrected chi connectivity index (χ3v) is 4.67. The van der Waals surface area contributed by atoms with Gasteiger partial charge in [-0.1, -0.05) is 12.1 Å². The number of hydrogen-bond acceptors (Lipinski definition) is 5. The minimum absolute atomic E-state index is 0.136. The van der Waals surface area contributed by atoms with Crippen LogP contribution < -0.4 is 15.0 Å². The van der Waals surface area contributed by atoms with E-state index in [0.29, 0.717) is 6.04 Å². The molecule has 25 heavy (non-hydrogen) atoms. The number of rotatable bonds is 6. The predicted molar refractivity (Wildman–Crippen MR) is 98.2 cm³/mol. The highest BCUT2D eigenvalue weighted by Gasteiger charge is 2.19. The summed E-state index contributed by atoms with van der Waals surface area (Å²) in [6, 6.07) is 15.4. The smallest absolute Gasteiger partial charge is 0.269 e. The van der Waals surface area contributed by atoms with E-state index in [1.54, 1.807) is 19.2 Å². The molecule has 0 saturated carbocycles. The van der Waals surface area contributed by atoms with Crippen LogP contribution >= 0.6 is 0 Å². The van der Waals surface area contributed by atoms with Crippen LogP contribution in [0.2, 0.25) is 0 Å². The van der Waals surface area contributed by atoms with Crippen molar-refractivity contribution in [3.8, 4) is 5.75 Å². The van der Waals surface area contributed by atoms with Gasteiger partial charge in [0.2, 0.25) is 0 Å². The topological polar surface area (TPSA) is 67.6 Å². The molecule has 132 valence electrons. The van der Waals surface area contributed by atoms with E-state index >= 15 is 0 Å². The average Bonchev–Trinajstić information content (AvgIpc) is 2.67. The molecule has 1 heterocycles. The third kappa shape index (κ3) is 4.48. The largest absolute Gasteiger partial charge is 0.497 e. The number of nitro groups is 1. The van der Waals surface area contributed by atoms with Gasteiger partial charge in [-0.15, -0.1) is 0 Å². The molecule has 0 amide bonds. The number of piperidine rings is 1. The summed E-state index contributed by atoms with van der Waals surface area (Å²) in [4.78, 5) is 12.7. The van der Waals surface area contributed by atoms with Gasteiger partial charge in [-0.2, -0.15) is 0 Å². The van der Waals surface area contributed by atoms with Crippen LogP contribution in [0.3, 0.4) is 0 Å².